The zero-order valence-electron chi connectivity index (χ0n) is 19.4. The molecule has 0 spiro atoms. The molecule has 0 aliphatic carbocycles. The van der Waals surface area contributed by atoms with Crippen molar-refractivity contribution in [2.24, 2.45) is 0 Å². The van der Waals surface area contributed by atoms with Crippen LogP contribution in [0.15, 0.2) is 58.7 Å². The maximum atomic E-state index is 12.7. The third kappa shape index (κ3) is 6.48. The van der Waals surface area contributed by atoms with Crippen LogP contribution in [-0.4, -0.2) is 26.4 Å². The lowest BCUT2D eigenvalue weighted by atomic mass is 10.0. The molecular formula is C25H29BrN4O2S. The molecule has 2 aromatic carbocycles. The van der Waals surface area contributed by atoms with E-state index >= 15 is 0 Å². The summed E-state index contributed by atoms with van der Waals surface area (Å²) >= 11 is 4.84. The number of hydrogen-bond donors (Lipinski definition) is 1. The lowest BCUT2D eigenvalue weighted by Gasteiger charge is -2.14. The average Bonchev–Trinajstić information content (AvgIpc) is 3.16. The van der Waals surface area contributed by atoms with Crippen LogP contribution in [0.3, 0.4) is 0 Å². The van der Waals surface area contributed by atoms with Crippen LogP contribution in [-0.2, 0) is 17.9 Å². The molecule has 1 N–H and O–H groups in total. The number of amides is 1. The Morgan fingerprint density at radius 1 is 1.27 bits per heavy atom. The first-order valence-electron chi connectivity index (χ1n) is 10.7. The Morgan fingerprint density at radius 2 is 2.06 bits per heavy atom. The number of nitrogens with zero attached hydrogens (tertiary/aromatic N) is 3. The monoisotopic (exact) mass is 528 g/mol. The molecule has 3 rings (SSSR count). The average molecular weight is 530 g/mol. The quantitative estimate of drug-likeness (QED) is 0.247. The highest BCUT2D eigenvalue weighted by molar-refractivity contribution is 9.10. The minimum absolute atomic E-state index is 0.0921. The number of rotatable bonds is 10. The summed E-state index contributed by atoms with van der Waals surface area (Å²) in [6.07, 6.45) is 1.78. The maximum absolute atomic E-state index is 12.7. The molecule has 0 aliphatic heterocycles. The first kappa shape index (κ1) is 25.1. The highest BCUT2D eigenvalue weighted by Crippen LogP contribution is 2.28. The maximum Gasteiger partial charge on any atom is 0.234 e. The Labute approximate surface area is 208 Å². The molecule has 0 atom stereocenters. The zero-order chi connectivity index (χ0) is 24.0. The van der Waals surface area contributed by atoms with Gasteiger partial charge in [-0.05, 0) is 60.7 Å². The Balaban J connectivity index is 1.66. The number of anilines is 1. The van der Waals surface area contributed by atoms with E-state index in [9.17, 15) is 4.79 Å². The van der Waals surface area contributed by atoms with E-state index in [1.165, 1.54) is 17.3 Å². The Kier molecular flexibility index (Phi) is 8.74. The second-order valence-corrected chi connectivity index (χ2v) is 9.87. The van der Waals surface area contributed by atoms with Gasteiger partial charge in [0.15, 0.2) is 11.0 Å². The molecule has 3 aromatic rings. The van der Waals surface area contributed by atoms with Crippen LogP contribution >= 0.6 is 27.7 Å². The number of ether oxygens (including phenoxy) is 1. The summed E-state index contributed by atoms with van der Waals surface area (Å²) in [4.78, 5) is 12.7. The third-order valence-corrected chi connectivity index (χ3v) is 6.72. The number of allylic oxidation sites excluding steroid dienone is 1. The van der Waals surface area contributed by atoms with Crippen LogP contribution in [0, 0.1) is 13.8 Å². The number of hydrogen-bond acceptors (Lipinski definition) is 5. The van der Waals surface area contributed by atoms with Crippen LogP contribution in [0.4, 0.5) is 5.69 Å². The molecule has 0 fully saturated rings. The first-order chi connectivity index (χ1) is 15.8. The lowest BCUT2D eigenvalue weighted by molar-refractivity contribution is -0.113. The number of thioether (sulfide) groups is 1. The van der Waals surface area contributed by atoms with Gasteiger partial charge >= 0.3 is 0 Å². The highest BCUT2D eigenvalue weighted by Gasteiger charge is 2.16. The van der Waals surface area contributed by atoms with Gasteiger partial charge in [-0.15, -0.1) is 16.8 Å². The lowest BCUT2D eigenvalue weighted by Crippen LogP contribution is -2.16. The molecule has 1 heterocycles. The van der Waals surface area contributed by atoms with Crippen molar-refractivity contribution >= 4 is 39.3 Å². The highest BCUT2D eigenvalue weighted by atomic mass is 79.9. The Morgan fingerprint density at radius 3 is 2.79 bits per heavy atom. The van der Waals surface area contributed by atoms with Gasteiger partial charge in [-0.3, -0.25) is 9.36 Å². The van der Waals surface area contributed by atoms with Crippen molar-refractivity contribution in [3.05, 3.63) is 76.0 Å². The Bertz CT molecular complexity index is 1140. The molecule has 0 saturated carbocycles. The molecule has 0 unspecified atom stereocenters. The van der Waals surface area contributed by atoms with Crippen LogP contribution in [0.25, 0.3) is 0 Å². The molecule has 33 heavy (non-hydrogen) atoms. The van der Waals surface area contributed by atoms with E-state index in [-0.39, 0.29) is 18.3 Å². The van der Waals surface area contributed by atoms with Crippen LogP contribution < -0.4 is 10.1 Å². The summed E-state index contributed by atoms with van der Waals surface area (Å²) in [5.74, 6) is 1.94. The Hall–Kier alpha value is -2.58. The molecule has 0 bridgehead atoms. The number of aromatic nitrogens is 3. The number of carbonyl (C=O) groups is 1. The number of benzene rings is 2. The second kappa shape index (κ2) is 11.5. The molecular weight excluding hydrogens is 500 g/mol. The van der Waals surface area contributed by atoms with Gasteiger partial charge in [0.2, 0.25) is 5.91 Å². The largest absolute Gasteiger partial charge is 0.485 e. The standard InChI is InChI=1S/C25H29BrN4O2S/c1-6-12-30-23(14-32-22-9-7-8-17(4)18(22)5)28-29-25(30)33-15-24(31)27-21-11-10-19(26)13-20(21)16(2)3/h6-11,13,16H,1,12,14-15H2,2-5H3,(H,27,31). The van der Waals surface area contributed by atoms with Gasteiger partial charge in [-0.1, -0.05) is 59.7 Å². The summed E-state index contributed by atoms with van der Waals surface area (Å²) in [5.41, 5.74) is 4.19. The minimum Gasteiger partial charge on any atom is -0.485 e. The number of aryl methyl sites for hydroxylation is 1. The van der Waals surface area contributed by atoms with Crippen LogP contribution in [0.5, 0.6) is 5.75 Å². The third-order valence-electron chi connectivity index (χ3n) is 5.26. The van der Waals surface area contributed by atoms with E-state index in [1.807, 2.05) is 41.8 Å². The van der Waals surface area contributed by atoms with Crippen molar-refractivity contribution in [2.75, 3.05) is 11.1 Å². The van der Waals surface area contributed by atoms with Gasteiger partial charge < -0.3 is 10.1 Å². The zero-order valence-corrected chi connectivity index (χ0v) is 21.8. The van der Waals surface area contributed by atoms with E-state index < -0.39 is 0 Å². The van der Waals surface area contributed by atoms with Gasteiger partial charge in [-0.25, -0.2) is 0 Å². The first-order valence-corrected chi connectivity index (χ1v) is 12.5. The van der Waals surface area contributed by atoms with Gasteiger partial charge in [0.1, 0.15) is 12.4 Å². The number of halogens is 1. The van der Waals surface area contributed by atoms with E-state index in [4.69, 9.17) is 4.74 Å². The van der Waals surface area contributed by atoms with Crippen molar-refractivity contribution in [1.82, 2.24) is 14.8 Å². The fourth-order valence-electron chi connectivity index (χ4n) is 3.31. The number of nitrogens with one attached hydrogen (secondary N) is 1. The van der Waals surface area contributed by atoms with Gasteiger partial charge in [-0.2, -0.15) is 0 Å². The topological polar surface area (TPSA) is 69.0 Å². The fourth-order valence-corrected chi connectivity index (χ4v) is 4.45. The molecule has 1 aromatic heterocycles. The van der Waals surface area contributed by atoms with Crippen molar-refractivity contribution in [1.29, 1.82) is 0 Å². The second-order valence-electron chi connectivity index (χ2n) is 8.01. The fraction of sp³-hybridized carbons (Fsp3) is 0.320. The molecule has 0 radical (unpaired) electrons. The smallest absolute Gasteiger partial charge is 0.234 e. The van der Waals surface area contributed by atoms with Crippen molar-refractivity contribution in [2.45, 2.75) is 51.9 Å². The SMILES string of the molecule is C=CCn1c(COc2cccc(C)c2C)nnc1SCC(=O)Nc1ccc(Br)cc1C(C)C. The van der Waals surface area contributed by atoms with Gasteiger partial charge in [0.25, 0.3) is 0 Å². The molecule has 174 valence electrons. The predicted octanol–water partition coefficient (Wildman–Crippen LogP) is 6.28. The summed E-state index contributed by atoms with van der Waals surface area (Å²) in [7, 11) is 0. The van der Waals surface area contributed by atoms with E-state index in [1.54, 1.807) is 6.08 Å². The van der Waals surface area contributed by atoms with Gasteiger partial charge in [0.05, 0.1) is 5.75 Å². The summed E-state index contributed by atoms with van der Waals surface area (Å²) in [6, 6.07) is 11.9. The molecule has 0 saturated heterocycles. The normalized spacial score (nSPS) is 11.0. The number of carbonyl (C=O) groups excluding carboxylic acids is 1. The molecule has 0 aliphatic rings. The minimum atomic E-state index is -0.0921. The molecule has 8 heteroatoms. The van der Waals surface area contributed by atoms with E-state index in [2.05, 4.69) is 64.9 Å². The molecule has 6 nitrogen and oxygen atoms in total. The van der Waals surface area contributed by atoms with Gasteiger partial charge in [0, 0.05) is 16.7 Å². The van der Waals surface area contributed by atoms with Crippen molar-refractivity contribution in [3.8, 4) is 5.75 Å². The van der Waals surface area contributed by atoms with Crippen molar-refractivity contribution < 1.29 is 9.53 Å². The van der Waals surface area contributed by atoms with Crippen LogP contribution in [0.2, 0.25) is 0 Å². The van der Waals surface area contributed by atoms with Crippen molar-refractivity contribution in [3.63, 3.8) is 0 Å². The van der Waals surface area contributed by atoms with Crippen LogP contribution in [0.1, 0.15) is 42.3 Å². The summed E-state index contributed by atoms with van der Waals surface area (Å²) in [5, 5.41) is 12.3. The van der Waals surface area contributed by atoms with E-state index in [0.29, 0.717) is 23.4 Å². The summed E-state index contributed by atoms with van der Waals surface area (Å²) in [6.45, 7) is 13.0. The van der Waals surface area contributed by atoms with E-state index in [0.717, 1.165) is 27.0 Å². The summed E-state index contributed by atoms with van der Waals surface area (Å²) < 4.78 is 8.92. The predicted molar refractivity (Wildman–Crippen MR) is 138 cm³/mol. The molecule has 1 amide bonds.